The van der Waals surface area contributed by atoms with Gasteiger partial charge in [0.25, 0.3) is 0 Å². The number of nitrogens with zero attached hydrogens (tertiary/aromatic N) is 1. The first-order valence-corrected chi connectivity index (χ1v) is 9.34. The zero-order valence-electron chi connectivity index (χ0n) is 15.5. The lowest BCUT2D eigenvalue weighted by atomic mass is 9.82. The predicted octanol–water partition coefficient (Wildman–Crippen LogP) is 4.19. The van der Waals surface area contributed by atoms with Crippen LogP contribution in [0.4, 0.5) is 13.2 Å². The first kappa shape index (κ1) is 19.6. The molecular weight excluding hydrogens is 343 g/mol. The maximum absolute atomic E-state index is 12.9. The SMILES string of the molecule is CC1(C)C[C@@H](CN2CCC(O)(c3cccc(C(F)(F)F)c3)CC2)CCO1. The number of alkyl halides is 3. The Bertz CT molecular complexity index is 622. The van der Waals surface area contributed by atoms with E-state index in [1.54, 1.807) is 6.07 Å². The summed E-state index contributed by atoms with van der Waals surface area (Å²) in [5.41, 5.74) is -1.58. The molecule has 146 valence electrons. The van der Waals surface area contributed by atoms with Crippen molar-refractivity contribution in [3.05, 3.63) is 35.4 Å². The van der Waals surface area contributed by atoms with Crippen LogP contribution in [0.2, 0.25) is 0 Å². The summed E-state index contributed by atoms with van der Waals surface area (Å²) in [6, 6.07) is 5.13. The molecule has 2 heterocycles. The van der Waals surface area contributed by atoms with Crippen molar-refractivity contribution in [2.45, 2.75) is 56.9 Å². The van der Waals surface area contributed by atoms with Crippen molar-refractivity contribution >= 4 is 0 Å². The van der Waals surface area contributed by atoms with Gasteiger partial charge in [-0.2, -0.15) is 13.2 Å². The van der Waals surface area contributed by atoms with Crippen LogP contribution in [0.25, 0.3) is 0 Å². The summed E-state index contributed by atoms with van der Waals surface area (Å²) >= 11 is 0. The lowest BCUT2D eigenvalue weighted by molar-refractivity contribution is -0.137. The normalized spacial score (nSPS) is 26.6. The minimum atomic E-state index is -4.39. The molecule has 1 atom stereocenters. The van der Waals surface area contributed by atoms with Crippen LogP contribution in [-0.4, -0.2) is 41.8 Å². The van der Waals surface area contributed by atoms with E-state index >= 15 is 0 Å². The largest absolute Gasteiger partial charge is 0.416 e. The lowest BCUT2D eigenvalue weighted by Crippen LogP contribution is -2.46. The monoisotopic (exact) mass is 371 g/mol. The third-order valence-corrected chi connectivity index (χ3v) is 5.73. The summed E-state index contributed by atoms with van der Waals surface area (Å²) < 4.78 is 44.6. The van der Waals surface area contributed by atoms with Crippen molar-refractivity contribution in [3.63, 3.8) is 0 Å². The van der Waals surface area contributed by atoms with Gasteiger partial charge < -0.3 is 14.7 Å². The van der Waals surface area contributed by atoms with Gasteiger partial charge >= 0.3 is 6.18 Å². The Morgan fingerprint density at radius 1 is 1.23 bits per heavy atom. The summed E-state index contributed by atoms with van der Waals surface area (Å²) in [5.74, 6) is 0.568. The Balaban J connectivity index is 1.61. The number of rotatable bonds is 3. The Kier molecular flexibility index (Phi) is 5.39. The molecule has 0 aromatic heterocycles. The lowest BCUT2D eigenvalue weighted by Gasteiger charge is -2.42. The minimum Gasteiger partial charge on any atom is -0.385 e. The second kappa shape index (κ2) is 7.13. The first-order valence-electron chi connectivity index (χ1n) is 9.34. The number of ether oxygens (including phenoxy) is 1. The van der Waals surface area contributed by atoms with E-state index in [4.69, 9.17) is 4.74 Å². The first-order chi connectivity index (χ1) is 12.1. The van der Waals surface area contributed by atoms with Crippen LogP contribution in [0.3, 0.4) is 0 Å². The van der Waals surface area contributed by atoms with E-state index in [1.165, 1.54) is 6.07 Å². The number of hydrogen-bond acceptors (Lipinski definition) is 3. The van der Waals surface area contributed by atoms with Crippen molar-refractivity contribution in [3.8, 4) is 0 Å². The summed E-state index contributed by atoms with van der Waals surface area (Å²) in [6.45, 7) is 7.36. The standard InChI is InChI=1S/C20H28F3NO2/c1-18(2)13-15(6-11-26-18)14-24-9-7-19(25,8-10-24)16-4-3-5-17(12-16)20(21,22)23/h3-5,12,15,25H,6-11,13-14H2,1-2H3/t15-/m0/s1. The predicted molar refractivity (Wildman–Crippen MR) is 93.8 cm³/mol. The maximum Gasteiger partial charge on any atom is 0.416 e. The Labute approximate surface area is 153 Å². The summed E-state index contributed by atoms with van der Waals surface area (Å²) in [7, 11) is 0. The van der Waals surface area contributed by atoms with Crippen LogP contribution >= 0.6 is 0 Å². The minimum absolute atomic E-state index is 0.0858. The molecule has 1 aromatic carbocycles. The van der Waals surface area contributed by atoms with Gasteiger partial charge in [0.05, 0.1) is 16.8 Å². The number of halogens is 3. The number of aliphatic hydroxyl groups is 1. The molecule has 2 aliphatic rings. The van der Waals surface area contributed by atoms with Crippen molar-refractivity contribution in [2.75, 3.05) is 26.2 Å². The van der Waals surface area contributed by atoms with Crippen LogP contribution in [0.5, 0.6) is 0 Å². The highest BCUT2D eigenvalue weighted by atomic mass is 19.4. The van der Waals surface area contributed by atoms with E-state index in [-0.39, 0.29) is 5.60 Å². The van der Waals surface area contributed by atoms with Crippen molar-refractivity contribution in [1.82, 2.24) is 4.90 Å². The molecule has 1 N–H and O–H groups in total. The molecule has 2 saturated heterocycles. The molecule has 0 unspecified atom stereocenters. The molecule has 0 radical (unpaired) electrons. The average molecular weight is 371 g/mol. The van der Waals surface area contributed by atoms with Crippen LogP contribution < -0.4 is 0 Å². The Hall–Kier alpha value is -1.11. The molecule has 3 rings (SSSR count). The number of hydrogen-bond donors (Lipinski definition) is 1. The molecule has 2 fully saturated rings. The van der Waals surface area contributed by atoms with E-state index < -0.39 is 17.3 Å². The molecular formula is C20H28F3NO2. The van der Waals surface area contributed by atoms with Gasteiger partial charge in [-0.3, -0.25) is 0 Å². The highest BCUT2D eigenvalue weighted by Gasteiger charge is 2.38. The molecule has 0 aliphatic carbocycles. The highest BCUT2D eigenvalue weighted by molar-refractivity contribution is 5.30. The quantitative estimate of drug-likeness (QED) is 0.865. The van der Waals surface area contributed by atoms with Crippen LogP contribution in [0.1, 0.15) is 50.7 Å². The van der Waals surface area contributed by atoms with Gasteiger partial charge in [-0.05, 0) is 63.1 Å². The fourth-order valence-corrected chi connectivity index (χ4v) is 4.26. The van der Waals surface area contributed by atoms with E-state index in [2.05, 4.69) is 18.7 Å². The molecule has 0 spiro atoms. The smallest absolute Gasteiger partial charge is 0.385 e. The van der Waals surface area contributed by atoms with Gasteiger partial charge in [-0.1, -0.05) is 12.1 Å². The van der Waals surface area contributed by atoms with Crippen molar-refractivity contribution in [2.24, 2.45) is 5.92 Å². The second-order valence-electron chi connectivity index (χ2n) is 8.38. The number of piperidine rings is 1. The third kappa shape index (κ3) is 4.59. The molecule has 1 aromatic rings. The fraction of sp³-hybridized carbons (Fsp3) is 0.700. The zero-order chi connectivity index (χ0) is 19.0. The van der Waals surface area contributed by atoms with E-state index in [1.807, 2.05) is 0 Å². The highest BCUT2D eigenvalue weighted by Crippen LogP contribution is 2.37. The number of likely N-dealkylation sites (tertiary alicyclic amines) is 1. The van der Waals surface area contributed by atoms with E-state index in [0.29, 0.717) is 37.4 Å². The van der Waals surface area contributed by atoms with Gasteiger partial charge in [0.1, 0.15) is 0 Å². The summed E-state index contributed by atoms with van der Waals surface area (Å²) in [4.78, 5) is 2.33. The van der Waals surface area contributed by atoms with Gasteiger partial charge in [0.15, 0.2) is 0 Å². The Morgan fingerprint density at radius 3 is 2.54 bits per heavy atom. The van der Waals surface area contributed by atoms with E-state index in [0.717, 1.165) is 38.1 Å². The third-order valence-electron chi connectivity index (χ3n) is 5.73. The van der Waals surface area contributed by atoms with E-state index in [9.17, 15) is 18.3 Å². The second-order valence-corrected chi connectivity index (χ2v) is 8.38. The molecule has 0 bridgehead atoms. The van der Waals surface area contributed by atoms with Crippen LogP contribution in [0, 0.1) is 5.92 Å². The zero-order valence-corrected chi connectivity index (χ0v) is 15.5. The molecule has 0 amide bonds. The van der Waals surface area contributed by atoms with Crippen LogP contribution in [-0.2, 0) is 16.5 Å². The number of benzene rings is 1. The van der Waals surface area contributed by atoms with Gasteiger partial charge in [0, 0.05) is 26.2 Å². The molecule has 2 aliphatic heterocycles. The molecule has 0 saturated carbocycles. The van der Waals surface area contributed by atoms with Gasteiger partial charge in [-0.15, -0.1) is 0 Å². The average Bonchev–Trinajstić information content (AvgIpc) is 2.56. The van der Waals surface area contributed by atoms with Gasteiger partial charge in [0.2, 0.25) is 0 Å². The molecule has 6 heteroatoms. The van der Waals surface area contributed by atoms with Crippen LogP contribution in [0.15, 0.2) is 24.3 Å². The molecule has 3 nitrogen and oxygen atoms in total. The van der Waals surface area contributed by atoms with Crippen molar-refractivity contribution in [1.29, 1.82) is 0 Å². The topological polar surface area (TPSA) is 32.7 Å². The van der Waals surface area contributed by atoms with Crippen molar-refractivity contribution < 1.29 is 23.0 Å². The summed E-state index contributed by atoms with van der Waals surface area (Å²) in [5, 5.41) is 10.9. The maximum atomic E-state index is 12.9. The Morgan fingerprint density at radius 2 is 1.92 bits per heavy atom. The fourth-order valence-electron chi connectivity index (χ4n) is 4.26. The van der Waals surface area contributed by atoms with Gasteiger partial charge in [-0.25, -0.2) is 0 Å². The summed E-state index contributed by atoms with van der Waals surface area (Å²) in [6.07, 6.45) is -1.41. The molecule has 26 heavy (non-hydrogen) atoms.